The molecule has 0 aliphatic rings. The number of benzene rings is 3. The third-order valence-corrected chi connectivity index (χ3v) is 4.25. The molecule has 0 fully saturated rings. The highest BCUT2D eigenvalue weighted by molar-refractivity contribution is 6.01. The van der Waals surface area contributed by atoms with Gasteiger partial charge in [0.1, 0.15) is 0 Å². The van der Waals surface area contributed by atoms with Crippen LogP contribution in [0.15, 0.2) is 83.9 Å². The van der Waals surface area contributed by atoms with Gasteiger partial charge < -0.3 is 0 Å². The second-order valence-corrected chi connectivity index (χ2v) is 6.33. The van der Waals surface area contributed by atoms with Gasteiger partial charge in [0.2, 0.25) is 0 Å². The van der Waals surface area contributed by atoms with E-state index in [9.17, 15) is 0 Å². The summed E-state index contributed by atoms with van der Waals surface area (Å²) in [5.41, 5.74) is 6.97. The first-order valence-corrected chi connectivity index (χ1v) is 8.46. The Balaban J connectivity index is 2.18. The molecule has 3 rings (SSSR count). The van der Waals surface area contributed by atoms with Crippen LogP contribution in [0.2, 0.25) is 0 Å². The van der Waals surface area contributed by atoms with Gasteiger partial charge in [-0.25, -0.2) is 0 Å². The number of hydrogen-bond donors (Lipinski definition) is 0. The molecule has 0 heterocycles. The molecule has 0 atom stereocenters. The van der Waals surface area contributed by atoms with E-state index >= 15 is 0 Å². The summed E-state index contributed by atoms with van der Waals surface area (Å²) in [6, 6.07) is 27.4. The van der Waals surface area contributed by atoms with E-state index in [4.69, 9.17) is 4.99 Å². The molecule has 0 aliphatic carbocycles. The van der Waals surface area contributed by atoms with Gasteiger partial charge in [-0.15, -0.1) is 0 Å². The lowest BCUT2D eigenvalue weighted by molar-refractivity contribution is 0.867. The zero-order valence-corrected chi connectivity index (χ0v) is 14.5. The first kappa shape index (κ1) is 16.2. The summed E-state index contributed by atoms with van der Waals surface area (Å²) in [5.74, 6) is 0.427. The van der Waals surface area contributed by atoms with Crippen LogP contribution in [0.1, 0.15) is 37.8 Å². The zero-order chi connectivity index (χ0) is 16.9. The molecule has 24 heavy (non-hydrogen) atoms. The van der Waals surface area contributed by atoms with Crippen LogP contribution in [0.3, 0.4) is 0 Å². The maximum absolute atomic E-state index is 5.04. The number of hydrogen-bond acceptors (Lipinski definition) is 1. The van der Waals surface area contributed by atoms with E-state index in [0.717, 1.165) is 17.0 Å². The molecule has 0 spiro atoms. The van der Waals surface area contributed by atoms with Crippen molar-refractivity contribution in [1.29, 1.82) is 0 Å². The third kappa shape index (κ3) is 3.46. The Labute approximate surface area is 144 Å². The molecule has 0 aromatic heterocycles. The summed E-state index contributed by atoms with van der Waals surface area (Å²) >= 11 is 0. The second kappa shape index (κ2) is 7.27. The Kier molecular flexibility index (Phi) is 4.90. The van der Waals surface area contributed by atoms with E-state index in [-0.39, 0.29) is 0 Å². The Bertz CT molecular complexity index is 830. The minimum absolute atomic E-state index is 0.427. The van der Waals surface area contributed by atoms with Crippen molar-refractivity contribution in [1.82, 2.24) is 0 Å². The molecule has 0 unspecified atom stereocenters. The van der Waals surface area contributed by atoms with Gasteiger partial charge >= 0.3 is 0 Å². The summed E-state index contributed by atoms with van der Waals surface area (Å²) in [6.07, 6.45) is 0. The quantitative estimate of drug-likeness (QED) is 0.480. The number of para-hydroxylation sites is 1. The van der Waals surface area contributed by atoms with Gasteiger partial charge in [-0.1, -0.05) is 92.7 Å². The summed E-state index contributed by atoms with van der Waals surface area (Å²) < 4.78 is 0. The molecule has 0 aliphatic heterocycles. The summed E-state index contributed by atoms with van der Waals surface area (Å²) in [7, 11) is 0. The van der Waals surface area contributed by atoms with Gasteiger partial charge in [0.25, 0.3) is 0 Å². The van der Waals surface area contributed by atoms with E-state index < -0.39 is 0 Å². The van der Waals surface area contributed by atoms with Crippen LogP contribution in [0.4, 0.5) is 5.69 Å². The molecule has 0 saturated heterocycles. The standard InChI is InChI=1S/C23H23N/c1-17(2)21-15-10-16-22(20-13-8-5-9-14-20)23(21)24-18(3)19-11-6-4-7-12-19/h4-17H,1-3H3. The van der Waals surface area contributed by atoms with E-state index in [1.165, 1.54) is 16.7 Å². The van der Waals surface area contributed by atoms with Crippen molar-refractivity contribution < 1.29 is 0 Å². The predicted octanol–water partition coefficient (Wildman–Crippen LogP) is 6.62. The average Bonchev–Trinajstić information content (AvgIpc) is 2.63. The summed E-state index contributed by atoms with van der Waals surface area (Å²) in [4.78, 5) is 5.04. The Hall–Kier alpha value is -2.67. The van der Waals surface area contributed by atoms with Crippen LogP contribution >= 0.6 is 0 Å². The van der Waals surface area contributed by atoms with E-state index in [1.54, 1.807) is 0 Å². The van der Waals surface area contributed by atoms with E-state index in [2.05, 4.69) is 87.5 Å². The molecule has 120 valence electrons. The maximum Gasteiger partial charge on any atom is 0.0745 e. The topological polar surface area (TPSA) is 12.4 Å². The monoisotopic (exact) mass is 313 g/mol. The SMILES string of the molecule is CC(=Nc1c(-c2ccccc2)cccc1C(C)C)c1ccccc1. The molecule has 0 radical (unpaired) electrons. The highest BCUT2D eigenvalue weighted by atomic mass is 14.8. The van der Waals surface area contributed by atoms with Gasteiger partial charge in [-0.3, -0.25) is 4.99 Å². The smallest absolute Gasteiger partial charge is 0.0745 e. The first-order valence-electron chi connectivity index (χ1n) is 8.46. The first-order chi connectivity index (χ1) is 11.7. The number of rotatable bonds is 4. The summed E-state index contributed by atoms with van der Waals surface area (Å²) in [5, 5.41) is 0. The van der Waals surface area contributed by atoms with Crippen molar-refractivity contribution in [3.8, 4) is 11.1 Å². The molecule has 0 amide bonds. The van der Waals surface area contributed by atoms with Crippen LogP contribution in [0.5, 0.6) is 0 Å². The zero-order valence-electron chi connectivity index (χ0n) is 14.5. The molecule has 1 heteroatoms. The normalized spacial score (nSPS) is 11.8. The Morgan fingerprint density at radius 2 is 1.38 bits per heavy atom. The van der Waals surface area contributed by atoms with E-state index in [1.807, 2.05) is 12.1 Å². The van der Waals surface area contributed by atoms with Crippen LogP contribution in [0.25, 0.3) is 11.1 Å². The van der Waals surface area contributed by atoms with Crippen molar-refractivity contribution >= 4 is 11.4 Å². The Morgan fingerprint density at radius 3 is 2.00 bits per heavy atom. The lowest BCUT2D eigenvalue weighted by Gasteiger charge is -2.15. The fraction of sp³-hybridized carbons (Fsp3) is 0.174. The van der Waals surface area contributed by atoms with Crippen LogP contribution in [-0.4, -0.2) is 5.71 Å². The fourth-order valence-corrected chi connectivity index (χ4v) is 2.91. The molecular formula is C23H23N. The van der Waals surface area contributed by atoms with Crippen LogP contribution in [-0.2, 0) is 0 Å². The van der Waals surface area contributed by atoms with Crippen molar-refractivity contribution in [3.63, 3.8) is 0 Å². The fourth-order valence-electron chi connectivity index (χ4n) is 2.91. The maximum atomic E-state index is 5.04. The van der Waals surface area contributed by atoms with Gasteiger partial charge in [0.15, 0.2) is 0 Å². The minimum atomic E-state index is 0.427. The molecule has 0 bridgehead atoms. The van der Waals surface area contributed by atoms with Crippen molar-refractivity contribution in [2.24, 2.45) is 4.99 Å². The second-order valence-electron chi connectivity index (χ2n) is 6.33. The van der Waals surface area contributed by atoms with E-state index in [0.29, 0.717) is 5.92 Å². The Morgan fingerprint density at radius 1 is 0.750 bits per heavy atom. The number of nitrogens with zero attached hydrogens (tertiary/aromatic N) is 1. The molecule has 0 saturated carbocycles. The highest BCUT2D eigenvalue weighted by Gasteiger charge is 2.12. The van der Waals surface area contributed by atoms with Gasteiger partial charge in [0.05, 0.1) is 5.69 Å². The van der Waals surface area contributed by atoms with Crippen LogP contribution in [0, 0.1) is 0 Å². The van der Waals surface area contributed by atoms with Crippen molar-refractivity contribution in [2.45, 2.75) is 26.7 Å². The highest BCUT2D eigenvalue weighted by Crippen LogP contribution is 2.37. The minimum Gasteiger partial charge on any atom is -0.252 e. The molecule has 3 aromatic carbocycles. The average molecular weight is 313 g/mol. The van der Waals surface area contributed by atoms with Gasteiger partial charge in [-0.2, -0.15) is 0 Å². The lowest BCUT2D eigenvalue weighted by atomic mass is 9.94. The predicted molar refractivity (Wildman–Crippen MR) is 104 cm³/mol. The van der Waals surface area contributed by atoms with Crippen LogP contribution < -0.4 is 0 Å². The van der Waals surface area contributed by atoms with Gasteiger partial charge in [0, 0.05) is 11.3 Å². The molecular weight excluding hydrogens is 290 g/mol. The third-order valence-electron chi connectivity index (χ3n) is 4.25. The van der Waals surface area contributed by atoms with Crippen molar-refractivity contribution in [2.75, 3.05) is 0 Å². The molecule has 1 nitrogen and oxygen atoms in total. The van der Waals surface area contributed by atoms with Crippen molar-refractivity contribution in [3.05, 3.63) is 90.0 Å². The lowest BCUT2D eigenvalue weighted by Crippen LogP contribution is -1.96. The number of aliphatic imine (C=N–C) groups is 1. The van der Waals surface area contributed by atoms with Gasteiger partial charge in [-0.05, 0) is 29.5 Å². The largest absolute Gasteiger partial charge is 0.252 e. The summed E-state index contributed by atoms with van der Waals surface area (Å²) in [6.45, 7) is 6.53. The molecule has 3 aromatic rings. The molecule has 0 N–H and O–H groups in total.